The Morgan fingerprint density at radius 3 is 2.16 bits per heavy atom. The van der Waals surface area contributed by atoms with Crippen LogP contribution in [0, 0.1) is 34.5 Å². The third-order valence-electron chi connectivity index (χ3n) is 11.3. The molecule has 6 rings (SSSR count). The van der Waals surface area contributed by atoms with Gasteiger partial charge in [0.05, 0.1) is 6.10 Å². The lowest BCUT2D eigenvalue weighted by molar-refractivity contribution is -0.0454. The standard InChI is InChI=1S/C36H44O/c1-25(14-16-30(26-10-6-4-7-11-26)27-12-8-5-9-13-27)32-18-19-33-31-17-15-28-24-29(37)20-22-35(28,2)34(31)21-23-36(32,33)3/h4-16,29,31-34,37H,17-24H2,1-3H3/b25-14+. The third kappa shape index (κ3) is 4.28. The summed E-state index contributed by atoms with van der Waals surface area (Å²) in [5.74, 6) is 3.13. The maximum absolute atomic E-state index is 10.3. The Kier molecular flexibility index (Phi) is 6.56. The molecule has 37 heavy (non-hydrogen) atoms. The molecule has 0 spiro atoms. The molecule has 0 radical (unpaired) electrons. The SMILES string of the molecule is C/C(=C\C=C(c1ccccc1)c1ccccc1)C1CCC2C3CC=C4CC(O)CCC4(C)C3CCC12C. The van der Waals surface area contributed by atoms with Crippen molar-refractivity contribution in [2.75, 3.05) is 0 Å². The van der Waals surface area contributed by atoms with Crippen LogP contribution < -0.4 is 0 Å². The Morgan fingerprint density at radius 1 is 0.811 bits per heavy atom. The number of benzene rings is 2. The first-order valence-electron chi connectivity index (χ1n) is 14.8. The highest BCUT2D eigenvalue weighted by Crippen LogP contribution is 2.67. The van der Waals surface area contributed by atoms with Crippen LogP contribution in [0.1, 0.15) is 83.3 Å². The lowest BCUT2D eigenvalue weighted by Crippen LogP contribution is -2.50. The molecule has 3 saturated carbocycles. The maximum atomic E-state index is 10.3. The average molecular weight is 493 g/mol. The van der Waals surface area contributed by atoms with Gasteiger partial charge in [0.15, 0.2) is 0 Å². The fourth-order valence-corrected chi connectivity index (χ4v) is 9.32. The first-order valence-corrected chi connectivity index (χ1v) is 14.8. The van der Waals surface area contributed by atoms with Crippen LogP contribution >= 0.6 is 0 Å². The van der Waals surface area contributed by atoms with Crippen LogP contribution in [-0.4, -0.2) is 11.2 Å². The average Bonchev–Trinajstić information content (AvgIpc) is 3.28. The highest BCUT2D eigenvalue weighted by atomic mass is 16.3. The van der Waals surface area contributed by atoms with Crippen molar-refractivity contribution < 1.29 is 5.11 Å². The first-order chi connectivity index (χ1) is 17.9. The zero-order valence-corrected chi connectivity index (χ0v) is 23.0. The highest BCUT2D eigenvalue weighted by molar-refractivity contribution is 5.80. The fourth-order valence-electron chi connectivity index (χ4n) is 9.32. The van der Waals surface area contributed by atoms with E-state index in [1.807, 2.05) is 0 Å². The Labute approximate surface area is 224 Å². The van der Waals surface area contributed by atoms with Gasteiger partial charge in [0.2, 0.25) is 0 Å². The molecule has 0 bridgehead atoms. The first kappa shape index (κ1) is 24.9. The number of fused-ring (bicyclic) bond motifs is 5. The van der Waals surface area contributed by atoms with Crippen LogP contribution in [0.25, 0.3) is 5.57 Å². The molecular weight excluding hydrogens is 448 g/mol. The minimum absolute atomic E-state index is 0.113. The molecule has 2 aromatic carbocycles. The summed E-state index contributed by atoms with van der Waals surface area (Å²) < 4.78 is 0. The van der Waals surface area contributed by atoms with Gasteiger partial charge in [-0.3, -0.25) is 0 Å². The molecule has 0 amide bonds. The molecule has 7 unspecified atom stereocenters. The molecule has 0 heterocycles. The summed E-state index contributed by atoms with van der Waals surface area (Å²) in [5, 5.41) is 10.3. The van der Waals surface area contributed by atoms with Crippen LogP contribution in [0.2, 0.25) is 0 Å². The van der Waals surface area contributed by atoms with Gasteiger partial charge in [-0.1, -0.05) is 104 Å². The monoisotopic (exact) mass is 492 g/mol. The van der Waals surface area contributed by atoms with E-state index in [0.717, 1.165) is 30.6 Å². The molecule has 3 fully saturated rings. The molecule has 194 valence electrons. The van der Waals surface area contributed by atoms with Crippen molar-refractivity contribution in [1.29, 1.82) is 0 Å². The van der Waals surface area contributed by atoms with Crippen LogP contribution in [0.5, 0.6) is 0 Å². The van der Waals surface area contributed by atoms with Crippen LogP contribution in [0.15, 0.2) is 90.0 Å². The van der Waals surface area contributed by atoms with Gasteiger partial charge in [-0.05, 0) is 109 Å². The highest BCUT2D eigenvalue weighted by Gasteiger charge is 2.58. The minimum atomic E-state index is -0.113. The molecule has 2 aromatic rings. The van der Waals surface area contributed by atoms with E-state index >= 15 is 0 Å². The zero-order valence-electron chi connectivity index (χ0n) is 23.0. The second-order valence-electron chi connectivity index (χ2n) is 13.1. The molecule has 4 aliphatic rings. The second kappa shape index (κ2) is 9.73. The number of rotatable bonds is 4. The van der Waals surface area contributed by atoms with E-state index in [0.29, 0.717) is 16.7 Å². The summed E-state index contributed by atoms with van der Waals surface area (Å²) >= 11 is 0. The minimum Gasteiger partial charge on any atom is -0.393 e. The summed E-state index contributed by atoms with van der Waals surface area (Å²) in [4.78, 5) is 0. The summed E-state index contributed by atoms with van der Waals surface area (Å²) in [6.07, 6.45) is 17.0. The predicted molar refractivity (Wildman–Crippen MR) is 155 cm³/mol. The topological polar surface area (TPSA) is 20.2 Å². The quantitative estimate of drug-likeness (QED) is 0.333. The van der Waals surface area contributed by atoms with E-state index in [4.69, 9.17) is 0 Å². The number of aliphatic hydroxyl groups is 1. The maximum Gasteiger partial charge on any atom is 0.0577 e. The van der Waals surface area contributed by atoms with Gasteiger partial charge in [0.25, 0.3) is 0 Å². The smallest absolute Gasteiger partial charge is 0.0577 e. The fraction of sp³-hybridized carbons (Fsp3) is 0.500. The van der Waals surface area contributed by atoms with E-state index in [1.165, 1.54) is 55.2 Å². The lowest BCUT2D eigenvalue weighted by atomic mass is 9.47. The normalized spacial score (nSPS) is 37.1. The number of allylic oxidation sites excluding steroid dienone is 4. The molecule has 0 aromatic heterocycles. The van der Waals surface area contributed by atoms with Crippen molar-refractivity contribution in [3.63, 3.8) is 0 Å². The number of aliphatic hydroxyl groups excluding tert-OH is 1. The van der Waals surface area contributed by atoms with Gasteiger partial charge in [0.1, 0.15) is 0 Å². The van der Waals surface area contributed by atoms with Crippen molar-refractivity contribution in [2.24, 2.45) is 34.5 Å². The van der Waals surface area contributed by atoms with Gasteiger partial charge in [-0.2, -0.15) is 0 Å². The van der Waals surface area contributed by atoms with Crippen molar-refractivity contribution in [3.05, 3.63) is 101 Å². The second-order valence-corrected chi connectivity index (χ2v) is 13.1. The van der Waals surface area contributed by atoms with Gasteiger partial charge < -0.3 is 5.11 Å². The van der Waals surface area contributed by atoms with Crippen molar-refractivity contribution in [3.8, 4) is 0 Å². The summed E-state index contributed by atoms with van der Waals surface area (Å²) in [6, 6.07) is 21.7. The molecule has 4 aliphatic carbocycles. The molecular formula is C36H44O. The van der Waals surface area contributed by atoms with E-state index in [9.17, 15) is 5.11 Å². The molecule has 1 heteroatoms. The summed E-state index contributed by atoms with van der Waals surface area (Å²) in [6.45, 7) is 7.58. The van der Waals surface area contributed by atoms with E-state index < -0.39 is 0 Å². The lowest BCUT2D eigenvalue weighted by Gasteiger charge is -2.58. The molecule has 1 N–H and O–H groups in total. The van der Waals surface area contributed by atoms with Crippen molar-refractivity contribution in [1.82, 2.24) is 0 Å². The number of hydrogen-bond donors (Lipinski definition) is 1. The molecule has 0 aliphatic heterocycles. The van der Waals surface area contributed by atoms with E-state index in [-0.39, 0.29) is 6.10 Å². The van der Waals surface area contributed by atoms with Gasteiger partial charge in [0, 0.05) is 0 Å². The number of hydrogen-bond acceptors (Lipinski definition) is 1. The van der Waals surface area contributed by atoms with Crippen molar-refractivity contribution in [2.45, 2.75) is 78.2 Å². The van der Waals surface area contributed by atoms with Crippen molar-refractivity contribution >= 4 is 5.57 Å². The Morgan fingerprint density at radius 2 is 1.49 bits per heavy atom. The largest absolute Gasteiger partial charge is 0.393 e. The van der Waals surface area contributed by atoms with Gasteiger partial charge >= 0.3 is 0 Å². The molecule has 0 saturated heterocycles. The van der Waals surface area contributed by atoms with Crippen LogP contribution in [0.3, 0.4) is 0 Å². The predicted octanol–water partition coefficient (Wildman–Crippen LogP) is 9.00. The molecule has 1 nitrogen and oxygen atoms in total. The van der Waals surface area contributed by atoms with E-state index in [2.05, 4.69) is 99.7 Å². The summed E-state index contributed by atoms with van der Waals surface area (Å²) in [7, 11) is 0. The van der Waals surface area contributed by atoms with Gasteiger partial charge in [-0.25, -0.2) is 0 Å². The third-order valence-corrected chi connectivity index (χ3v) is 11.3. The van der Waals surface area contributed by atoms with Crippen LogP contribution in [-0.2, 0) is 0 Å². The summed E-state index contributed by atoms with van der Waals surface area (Å²) in [5.41, 5.74) is 7.75. The van der Waals surface area contributed by atoms with Gasteiger partial charge in [-0.15, -0.1) is 0 Å². The zero-order chi connectivity index (χ0) is 25.6. The molecule has 7 atom stereocenters. The van der Waals surface area contributed by atoms with Crippen LogP contribution in [0.4, 0.5) is 0 Å². The Bertz CT molecular complexity index is 1160. The Hall–Kier alpha value is -2.38. The Balaban J connectivity index is 1.28. The van der Waals surface area contributed by atoms with E-state index in [1.54, 1.807) is 11.1 Å².